The predicted molar refractivity (Wildman–Crippen MR) is 91.3 cm³/mol. The molecule has 0 aromatic heterocycles. The van der Waals surface area contributed by atoms with E-state index in [1.54, 1.807) is 12.1 Å². The molecule has 1 aliphatic carbocycles. The third-order valence-electron chi connectivity index (χ3n) is 4.16. The van der Waals surface area contributed by atoms with E-state index in [0.29, 0.717) is 25.6 Å². The molecule has 24 heavy (non-hydrogen) atoms. The summed E-state index contributed by atoms with van der Waals surface area (Å²) in [7, 11) is 0. The highest BCUT2D eigenvalue weighted by Crippen LogP contribution is 2.29. The van der Waals surface area contributed by atoms with Gasteiger partial charge in [-0.1, -0.05) is 24.3 Å². The van der Waals surface area contributed by atoms with Gasteiger partial charge in [0, 0.05) is 12.6 Å². The Morgan fingerprint density at radius 2 is 1.71 bits per heavy atom. The van der Waals surface area contributed by atoms with Crippen molar-refractivity contribution in [2.45, 2.75) is 38.8 Å². The number of hydrogen-bond donors (Lipinski definition) is 0. The van der Waals surface area contributed by atoms with Gasteiger partial charge in [-0.25, -0.2) is 4.39 Å². The maximum Gasteiger partial charge on any atom is 0.227 e. The molecule has 3 nitrogen and oxygen atoms in total. The van der Waals surface area contributed by atoms with Crippen molar-refractivity contribution in [1.29, 1.82) is 0 Å². The molecule has 2 aromatic carbocycles. The van der Waals surface area contributed by atoms with E-state index < -0.39 is 0 Å². The highest BCUT2D eigenvalue weighted by molar-refractivity contribution is 5.79. The molecule has 0 saturated heterocycles. The Morgan fingerprint density at radius 1 is 1.08 bits per heavy atom. The summed E-state index contributed by atoms with van der Waals surface area (Å²) in [4.78, 5) is 14.6. The highest BCUT2D eigenvalue weighted by Gasteiger charge is 2.32. The van der Waals surface area contributed by atoms with Crippen LogP contribution in [0.5, 0.6) is 5.75 Å². The van der Waals surface area contributed by atoms with Crippen molar-refractivity contribution in [1.82, 2.24) is 4.90 Å². The number of carbonyl (C=O) groups is 1. The fourth-order valence-corrected chi connectivity index (χ4v) is 2.74. The molecule has 0 unspecified atom stereocenters. The van der Waals surface area contributed by atoms with Gasteiger partial charge in [0.25, 0.3) is 0 Å². The summed E-state index contributed by atoms with van der Waals surface area (Å²) in [6.45, 7) is 3.12. The second-order valence-corrected chi connectivity index (χ2v) is 6.13. The van der Waals surface area contributed by atoms with Gasteiger partial charge < -0.3 is 9.64 Å². The fraction of sp³-hybridized carbons (Fsp3) is 0.350. The van der Waals surface area contributed by atoms with Crippen molar-refractivity contribution in [3.63, 3.8) is 0 Å². The molecule has 126 valence electrons. The Kier molecular flexibility index (Phi) is 5.14. The second-order valence-electron chi connectivity index (χ2n) is 6.13. The molecule has 0 heterocycles. The van der Waals surface area contributed by atoms with E-state index in [1.807, 2.05) is 36.1 Å². The summed E-state index contributed by atoms with van der Waals surface area (Å²) in [5, 5.41) is 0. The normalized spacial score (nSPS) is 13.6. The van der Waals surface area contributed by atoms with Crippen LogP contribution in [0.2, 0.25) is 0 Å². The summed E-state index contributed by atoms with van der Waals surface area (Å²) < 4.78 is 18.5. The molecule has 0 bridgehead atoms. The van der Waals surface area contributed by atoms with Crippen molar-refractivity contribution in [3.8, 4) is 5.75 Å². The first kappa shape index (κ1) is 16.5. The van der Waals surface area contributed by atoms with E-state index in [4.69, 9.17) is 4.74 Å². The third kappa shape index (κ3) is 4.34. The SMILES string of the molecule is CCOc1ccc(CC(=O)N(Cc2ccc(F)cc2)C2CC2)cc1. The molecule has 2 aromatic rings. The Bertz CT molecular complexity index is 678. The number of amides is 1. The van der Waals surface area contributed by atoms with Crippen LogP contribution >= 0.6 is 0 Å². The van der Waals surface area contributed by atoms with Crippen LogP contribution in [0, 0.1) is 5.82 Å². The summed E-state index contributed by atoms with van der Waals surface area (Å²) >= 11 is 0. The van der Waals surface area contributed by atoms with Crippen molar-refractivity contribution >= 4 is 5.91 Å². The maximum absolute atomic E-state index is 13.0. The molecule has 0 atom stereocenters. The number of benzene rings is 2. The molecule has 0 aliphatic heterocycles. The van der Waals surface area contributed by atoms with E-state index in [9.17, 15) is 9.18 Å². The summed E-state index contributed by atoms with van der Waals surface area (Å²) in [6.07, 6.45) is 2.48. The van der Waals surface area contributed by atoms with Crippen LogP contribution in [-0.4, -0.2) is 23.5 Å². The minimum atomic E-state index is -0.252. The second kappa shape index (κ2) is 7.47. The van der Waals surface area contributed by atoms with Crippen LogP contribution in [0.4, 0.5) is 4.39 Å². The molecule has 1 amide bonds. The zero-order chi connectivity index (χ0) is 16.9. The van der Waals surface area contributed by atoms with Gasteiger partial charge in [-0.05, 0) is 55.2 Å². The Labute approximate surface area is 142 Å². The monoisotopic (exact) mass is 327 g/mol. The van der Waals surface area contributed by atoms with Crippen molar-refractivity contribution in [2.75, 3.05) is 6.61 Å². The minimum absolute atomic E-state index is 0.117. The first-order chi connectivity index (χ1) is 11.7. The first-order valence-corrected chi connectivity index (χ1v) is 8.41. The molecule has 0 radical (unpaired) electrons. The van der Waals surface area contributed by atoms with Crippen LogP contribution in [0.15, 0.2) is 48.5 Å². The van der Waals surface area contributed by atoms with E-state index in [2.05, 4.69) is 0 Å². The zero-order valence-corrected chi connectivity index (χ0v) is 13.9. The first-order valence-electron chi connectivity index (χ1n) is 8.41. The number of hydrogen-bond acceptors (Lipinski definition) is 2. The zero-order valence-electron chi connectivity index (χ0n) is 13.9. The highest BCUT2D eigenvalue weighted by atomic mass is 19.1. The Balaban J connectivity index is 1.65. The van der Waals surface area contributed by atoms with Crippen LogP contribution in [0.25, 0.3) is 0 Å². The molecular formula is C20H22FNO2. The summed E-state index contributed by atoms with van der Waals surface area (Å²) in [6, 6.07) is 14.4. The van der Waals surface area contributed by atoms with Crippen molar-refractivity contribution in [3.05, 3.63) is 65.5 Å². The van der Waals surface area contributed by atoms with Crippen LogP contribution in [0.3, 0.4) is 0 Å². The lowest BCUT2D eigenvalue weighted by molar-refractivity contribution is -0.131. The van der Waals surface area contributed by atoms with E-state index in [1.165, 1.54) is 12.1 Å². The van der Waals surface area contributed by atoms with Crippen LogP contribution in [-0.2, 0) is 17.8 Å². The molecule has 1 aliphatic rings. The standard InChI is InChI=1S/C20H22FNO2/c1-2-24-19-11-5-15(6-12-19)13-20(23)22(18-9-10-18)14-16-3-7-17(21)8-4-16/h3-8,11-12,18H,2,9-10,13-14H2,1H3. The Morgan fingerprint density at radius 3 is 2.29 bits per heavy atom. The van der Waals surface area contributed by atoms with Gasteiger partial charge in [0.15, 0.2) is 0 Å². The van der Waals surface area contributed by atoms with E-state index in [-0.39, 0.29) is 11.7 Å². The van der Waals surface area contributed by atoms with Gasteiger partial charge in [0.2, 0.25) is 5.91 Å². The number of rotatable bonds is 7. The number of carbonyl (C=O) groups excluding carboxylic acids is 1. The molecule has 3 rings (SSSR count). The van der Waals surface area contributed by atoms with Gasteiger partial charge in [-0.3, -0.25) is 4.79 Å². The summed E-state index contributed by atoms with van der Waals surface area (Å²) in [5.41, 5.74) is 1.94. The lowest BCUT2D eigenvalue weighted by Gasteiger charge is -2.23. The van der Waals surface area contributed by atoms with Gasteiger partial charge in [0.05, 0.1) is 13.0 Å². The van der Waals surface area contributed by atoms with Crippen LogP contribution < -0.4 is 4.74 Å². The Hall–Kier alpha value is -2.36. The minimum Gasteiger partial charge on any atom is -0.494 e. The largest absolute Gasteiger partial charge is 0.494 e. The average molecular weight is 327 g/mol. The molecule has 1 fully saturated rings. The molecule has 0 spiro atoms. The predicted octanol–water partition coefficient (Wildman–Crippen LogP) is 3.96. The smallest absolute Gasteiger partial charge is 0.227 e. The van der Waals surface area contributed by atoms with Gasteiger partial charge >= 0.3 is 0 Å². The lowest BCUT2D eigenvalue weighted by Crippen LogP contribution is -2.33. The number of ether oxygens (including phenoxy) is 1. The number of halogens is 1. The van der Waals surface area contributed by atoms with E-state index >= 15 is 0 Å². The lowest BCUT2D eigenvalue weighted by atomic mass is 10.1. The third-order valence-corrected chi connectivity index (χ3v) is 4.16. The number of nitrogens with zero attached hydrogens (tertiary/aromatic N) is 1. The van der Waals surface area contributed by atoms with Gasteiger partial charge in [0.1, 0.15) is 11.6 Å². The average Bonchev–Trinajstić information content (AvgIpc) is 3.41. The van der Waals surface area contributed by atoms with Crippen molar-refractivity contribution < 1.29 is 13.9 Å². The molecule has 0 N–H and O–H groups in total. The molecular weight excluding hydrogens is 305 g/mol. The topological polar surface area (TPSA) is 29.5 Å². The van der Waals surface area contributed by atoms with Gasteiger partial charge in [-0.2, -0.15) is 0 Å². The van der Waals surface area contributed by atoms with E-state index in [0.717, 1.165) is 29.7 Å². The quantitative estimate of drug-likeness (QED) is 0.770. The molecule has 1 saturated carbocycles. The van der Waals surface area contributed by atoms with Gasteiger partial charge in [-0.15, -0.1) is 0 Å². The summed E-state index contributed by atoms with van der Waals surface area (Å²) in [5.74, 6) is 0.683. The van der Waals surface area contributed by atoms with Crippen LogP contribution in [0.1, 0.15) is 30.9 Å². The fourth-order valence-electron chi connectivity index (χ4n) is 2.74. The maximum atomic E-state index is 13.0. The van der Waals surface area contributed by atoms with Crippen molar-refractivity contribution in [2.24, 2.45) is 0 Å². The molecule has 4 heteroatoms.